The lowest BCUT2D eigenvalue weighted by molar-refractivity contribution is 0.280. The minimum Gasteiger partial charge on any atom is -0.493 e. The first kappa shape index (κ1) is 14.8. The van der Waals surface area contributed by atoms with E-state index in [2.05, 4.69) is 10.3 Å². The number of hydrogen-bond acceptors (Lipinski definition) is 4. The van der Waals surface area contributed by atoms with Crippen molar-refractivity contribution in [3.63, 3.8) is 0 Å². The molecule has 0 amide bonds. The fraction of sp³-hybridized carbons (Fsp3) is 0.111. The van der Waals surface area contributed by atoms with Gasteiger partial charge >= 0.3 is 0 Å². The van der Waals surface area contributed by atoms with Crippen LogP contribution in [0.2, 0.25) is 0 Å². The van der Waals surface area contributed by atoms with Gasteiger partial charge in [0.1, 0.15) is 12.3 Å². The maximum atomic E-state index is 5.73. The number of ether oxygens (including phenoxy) is 2. The highest BCUT2D eigenvalue weighted by Crippen LogP contribution is 2.26. The average molecular weight is 307 g/mol. The van der Waals surface area contributed by atoms with Crippen molar-refractivity contribution in [1.29, 1.82) is 0 Å². The van der Waals surface area contributed by atoms with Gasteiger partial charge in [-0.15, -0.1) is 5.10 Å². The van der Waals surface area contributed by atoms with Gasteiger partial charge in [-0.2, -0.15) is 0 Å². The predicted molar refractivity (Wildman–Crippen MR) is 89.0 cm³/mol. The van der Waals surface area contributed by atoms with Crippen LogP contribution in [0.25, 0.3) is 12.3 Å². The van der Waals surface area contributed by atoms with Crippen LogP contribution in [0.3, 0.4) is 0 Å². The smallest absolute Gasteiger partial charge is 0.161 e. The van der Waals surface area contributed by atoms with Crippen LogP contribution in [-0.2, 0) is 6.61 Å². The van der Waals surface area contributed by atoms with E-state index < -0.39 is 0 Å². The molecule has 0 aliphatic carbocycles. The van der Waals surface area contributed by atoms with Crippen molar-refractivity contribution < 1.29 is 9.47 Å². The van der Waals surface area contributed by atoms with Gasteiger partial charge in [-0.05, 0) is 23.8 Å². The van der Waals surface area contributed by atoms with Crippen molar-refractivity contribution in [1.82, 2.24) is 15.0 Å². The van der Waals surface area contributed by atoms with Gasteiger partial charge in [-0.3, -0.25) is 0 Å². The maximum Gasteiger partial charge on any atom is 0.161 e. The van der Waals surface area contributed by atoms with E-state index >= 15 is 0 Å². The lowest BCUT2D eigenvalue weighted by Crippen LogP contribution is -1.97. The lowest BCUT2D eigenvalue weighted by Gasteiger charge is -2.08. The van der Waals surface area contributed by atoms with Gasteiger partial charge in [0.2, 0.25) is 0 Å². The highest BCUT2D eigenvalue weighted by Gasteiger charge is 2.05. The van der Waals surface area contributed by atoms with Gasteiger partial charge < -0.3 is 9.47 Å². The van der Waals surface area contributed by atoms with Gasteiger partial charge in [-0.25, -0.2) is 4.68 Å². The van der Waals surface area contributed by atoms with Crippen molar-refractivity contribution >= 4 is 12.3 Å². The van der Waals surface area contributed by atoms with Crippen LogP contribution < -0.4 is 9.47 Å². The van der Waals surface area contributed by atoms with E-state index in [9.17, 15) is 0 Å². The van der Waals surface area contributed by atoms with E-state index in [0.29, 0.717) is 18.1 Å². The zero-order chi connectivity index (χ0) is 15.9. The third kappa shape index (κ3) is 3.97. The summed E-state index contributed by atoms with van der Waals surface area (Å²) in [5, 5.41) is 8.15. The first-order valence-electron chi connectivity index (χ1n) is 7.25. The largest absolute Gasteiger partial charge is 0.493 e. The molecule has 0 N–H and O–H groups in total. The van der Waals surface area contributed by atoms with Crippen molar-refractivity contribution in [3.8, 4) is 11.5 Å². The quantitative estimate of drug-likeness (QED) is 0.699. The van der Waals surface area contributed by atoms with Crippen molar-refractivity contribution in [3.05, 3.63) is 72.1 Å². The van der Waals surface area contributed by atoms with E-state index in [1.807, 2.05) is 73.1 Å². The number of benzene rings is 2. The molecule has 3 rings (SSSR count). The minimum absolute atomic E-state index is 0.333. The second kappa shape index (κ2) is 7.26. The fourth-order valence-electron chi connectivity index (χ4n) is 2.07. The predicted octanol–water partition coefficient (Wildman–Crippen LogP) is 3.49. The maximum absolute atomic E-state index is 5.73. The summed E-state index contributed by atoms with van der Waals surface area (Å²) in [5.74, 6) is 1.38. The summed E-state index contributed by atoms with van der Waals surface area (Å²) < 4.78 is 12.6. The van der Waals surface area contributed by atoms with Gasteiger partial charge in [0.25, 0.3) is 0 Å². The molecule has 0 bridgehead atoms. The molecular formula is C18H17N3O2. The molecule has 0 spiro atoms. The van der Waals surface area contributed by atoms with E-state index in [0.717, 1.165) is 11.3 Å². The molecular weight excluding hydrogens is 290 g/mol. The number of aromatic nitrogens is 3. The Morgan fingerprint density at radius 3 is 2.52 bits per heavy atom. The van der Waals surface area contributed by atoms with Crippen molar-refractivity contribution in [2.45, 2.75) is 6.61 Å². The lowest BCUT2D eigenvalue weighted by atomic mass is 10.2. The highest BCUT2D eigenvalue weighted by molar-refractivity contribution is 5.59. The Balaban J connectivity index is 1.62. The third-order valence-corrected chi connectivity index (χ3v) is 3.22. The molecule has 1 heterocycles. The first-order valence-corrected chi connectivity index (χ1v) is 7.25. The zero-order valence-electron chi connectivity index (χ0n) is 12.8. The number of methoxy groups -OCH3 is 1. The number of para-hydroxylation sites is 2. The summed E-state index contributed by atoms with van der Waals surface area (Å²) in [4.78, 5) is 0. The summed E-state index contributed by atoms with van der Waals surface area (Å²) in [5.41, 5.74) is 1.85. The fourth-order valence-corrected chi connectivity index (χ4v) is 2.07. The Morgan fingerprint density at radius 1 is 1.00 bits per heavy atom. The summed E-state index contributed by atoms with van der Waals surface area (Å²) in [6.45, 7) is 0.333. The van der Waals surface area contributed by atoms with Gasteiger partial charge in [0, 0.05) is 6.20 Å². The SMILES string of the molecule is COc1ccccc1OCc1cn(/C=C/c2ccccc2)nn1. The standard InChI is InChI=1S/C18H17N3O2/c1-22-17-9-5-6-10-18(17)23-14-16-13-21(20-19-16)12-11-15-7-3-2-4-8-15/h2-13H,14H2,1H3/b12-11+. The minimum atomic E-state index is 0.333. The Kier molecular flexibility index (Phi) is 4.69. The zero-order valence-corrected chi connectivity index (χ0v) is 12.8. The number of nitrogens with zero attached hydrogens (tertiary/aromatic N) is 3. The molecule has 0 aliphatic heterocycles. The van der Waals surface area contributed by atoms with E-state index in [4.69, 9.17) is 9.47 Å². The van der Waals surface area contributed by atoms with Gasteiger partial charge in [-0.1, -0.05) is 47.7 Å². The second-order valence-electron chi connectivity index (χ2n) is 4.86. The summed E-state index contributed by atoms with van der Waals surface area (Å²) in [7, 11) is 1.62. The molecule has 23 heavy (non-hydrogen) atoms. The van der Waals surface area contributed by atoms with Crippen LogP contribution in [0.4, 0.5) is 0 Å². The Labute approximate surface area is 134 Å². The van der Waals surface area contributed by atoms with E-state index in [-0.39, 0.29) is 0 Å². The summed E-state index contributed by atoms with van der Waals surface area (Å²) in [6.07, 6.45) is 5.66. The van der Waals surface area contributed by atoms with Crippen LogP contribution in [0.5, 0.6) is 11.5 Å². The highest BCUT2D eigenvalue weighted by atomic mass is 16.5. The normalized spacial score (nSPS) is 10.8. The monoisotopic (exact) mass is 307 g/mol. The molecule has 5 heteroatoms. The van der Waals surface area contributed by atoms with Crippen LogP contribution in [-0.4, -0.2) is 22.1 Å². The molecule has 0 aliphatic rings. The molecule has 5 nitrogen and oxygen atoms in total. The molecule has 0 unspecified atom stereocenters. The molecule has 1 aromatic heterocycles. The molecule has 0 fully saturated rings. The third-order valence-electron chi connectivity index (χ3n) is 3.22. The topological polar surface area (TPSA) is 49.2 Å². The number of rotatable bonds is 6. The van der Waals surface area contributed by atoms with Crippen LogP contribution in [0, 0.1) is 0 Å². The van der Waals surface area contributed by atoms with E-state index in [1.54, 1.807) is 11.8 Å². The van der Waals surface area contributed by atoms with Crippen molar-refractivity contribution in [2.24, 2.45) is 0 Å². The first-order chi connectivity index (χ1) is 11.3. The van der Waals surface area contributed by atoms with Crippen LogP contribution >= 0.6 is 0 Å². The van der Waals surface area contributed by atoms with Crippen LogP contribution in [0.1, 0.15) is 11.3 Å². The average Bonchev–Trinajstić information content (AvgIpc) is 3.07. The molecule has 2 aromatic carbocycles. The second-order valence-corrected chi connectivity index (χ2v) is 4.86. The van der Waals surface area contributed by atoms with E-state index in [1.165, 1.54) is 0 Å². The molecule has 0 atom stereocenters. The van der Waals surface area contributed by atoms with Crippen LogP contribution in [0.15, 0.2) is 60.8 Å². The molecule has 0 saturated heterocycles. The Bertz CT molecular complexity index is 782. The number of hydrogen-bond donors (Lipinski definition) is 0. The summed E-state index contributed by atoms with van der Waals surface area (Å²) >= 11 is 0. The molecule has 116 valence electrons. The molecule has 3 aromatic rings. The van der Waals surface area contributed by atoms with Crippen molar-refractivity contribution in [2.75, 3.05) is 7.11 Å². The van der Waals surface area contributed by atoms with Gasteiger partial charge in [0.05, 0.1) is 13.3 Å². The van der Waals surface area contributed by atoms with Gasteiger partial charge in [0.15, 0.2) is 11.5 Å². The molecule has 0 saturated carbocycles. The molecule has 0 radical (unpaired) electrons. The summed E-state index contributed by atoms with van der Waals surface area (Å²) in [6, 6.07) is 17.5. The Morgan fingerprint density at radius 2 is 1.74 bits per heavy atom. The Hall–Kier alpha value is -3.08.